The lowest BCUT2D eigenvalue weighted by molar-refractivity contribution is -0.177. The Labute approximate surface area is 90.2 Å². The number of fused-ring (bicyclic) bond motifs is 1. The fraction of sp³-hybridized carbons (Fsp3) is 0.909. The minimum Gasteiger partial charge on any atom is -0.444 e. The highest BCUT2D eigenvalue weighted by Gasteiger charge is 2.59. The van der Waals surface area contributed by atoms with Gasteiger partial charge in [0.25, 0.3) is 0 Å². The van der Waals surface area contributed by atoms with Crippen LogP contribution < -0.4 is 0 Å². The maximum Gasteiger partial charge on any atom is 0.410 e. The number of carbonyl (C=O) groups excluding carboxylic acids is 1. The van der Waals surface area contributed by atoms with E-state index in [1.54, 1.807) is 4.90 Å². The number of hydrogen-bond acceptors (Lipinski definition) is 3. The topological polar surface area (TPSA) is 49.8 Å². The van der Waals surface area contributed by atoms with E-state index in [-0.39, 0.29) is 30.2 Å². The van der Waals surface area contributed by atoms with Crippen LogP contribution in [0.25, 0.3) is 0 Å². The third kappa shape index (κ3) is 1.61. The molecule has 0 aromatic heterocycles. The quantitative estimate of drug-likeness (QED) is 0.661. The summed E-state index contributed by atoms with van der Waals surface area (Å²) in [6.07, 6.45) is 0.237. The lowest BCUT2D eigenvalue weighted by atomic mass is 9.64. The molecule has 2 fully saturated rings. The Balaban J connectivity index is 1.94. The van der Waals surface area contributed by atoms with Crippen molar-refractivity contribution in [2.45, 2.75) is 57.9 Å². The van der Waals surface area contributed by atoms with Gasteiger partial charge in [-0.05, 0) is 34.1 Å². The molecule has 15 heavy (non-hydrogen) atoms. The summed E-state index contributed by atoms with van der Waals surface area (Å²) in [6, 6.07) is 0.332. The summed E-state index contributed by atoms with van der Waals surface area (Å²) in [4.78, 5) is 13.5. The highest BCUT2D eigenvalue weighted by molar-refractivity contribution is 5.71. The normalized spacial score (nSPS) is 38.9. The van der Waals surface area contributed by atoms with Crippen LogP contribution >= 0.6 is 0 Å². The first-order chi connectivity index (χ1) is 6.81. The minimum absolute atomic E-state index is 0.119. The SMILES string of the molecule is CC1C2C(O)CC2N1C(=O)OC(C)(C)C. The highest BCUT2D eigenvalue weighted by atomic mass is 16.6. The van der Waals surface area contributed by atoms with Crippen molar-refractivity contribution < 1.29 is 14.6 Å². The van der Waals surface area contributed by atoms with Crippen molar-refractivity contribution in [3.8, 4) is 0 Å². The lowest BCUT2D eigenvalue weighted by Gasteiger charge is -2.62. The fourth-order valence-corrected chi connectivity index (χ4v) is 2.57. The second kappa shape index (κ2) is 3.11. The molecule has 0 spiro atoms. The average Bonchev–Trinajstić information content (AvgIpc) is 1.97. The van der Waals surface area contributed by atoms with Crippen molar-refractivity contribution in [2.24, 2.45) is 5.92 Å². The van der Waals surface area contributed by atoms with Gasteiger partial charge in [-0.2, -0.15) is 0 Å². The van der Waals surface area contributed by atoms with Crippen molar-refractivity contribution >= 4 is 6.09 Å². The molecule has 4 atom stereocenters. The Kier molecular flexibility index (Phi) is 2.23. The molecule has 1 heterocycles. The van der Waals surface area contributed by atoms with Crippen molar-refractivity contribution in [1.29, 1.82) is 0 Å². The molecule has 0 aromatic rings. The molecule has 2 aliphatic rings. The number of aliphatic hydroxyl groups is 1. The molecule has 0 aromatic carbocycles. The van der Waals surface area contributed by atoms with Crippen molar-refractivity contribution in [3.63, 3.8) is 0 Å². The van der Waals surface area contributed by atoms with E-state index in [2.05, 4.69) is 0 Å². The first-order valence-corrected chi connectivity index (χ1v) is 5.50. The van der Waals surface area contributed by atoms with Crippen LogP contribution in [0.5, 0.6) is 0 Å². The first-order valence-electron chi connectivity index (χ1n) is 5.50. The van der Waals surface area contributed by atoms with Crippen molar-refractivity contribution in [3.05, 3.63) is 0 Å². The zero-order valence-electron chi connectivity index (χ0n) is 9.73. The number of rotatable bonds is 0. The number of likely N-dealkylation sites (tertiary alicyclic amines) is 1. The van der Waals surface area contributed by atoms with Crippen LogP contribution in [0, 0.1) is 5.92 Å². The predicted molar refractivity (Wildman–Crippen MR) is 55.4 cm³/mol. The minimum atomic E-state index is -0.440. The fourth-order valence-electron chi connectivity index (χ4n) is 2.57. The van der Waals surface area contributed by atoms with E-state index in [4.69, 9.17) is 4.74 Å². The second-order valence-corrected chi connectivity index (χ2v) is 5.58. The molecular weight excluding hydrogens is 194 g/mol. The zero-order chi connectivity index (χ0) is 11.4. The zero-order valence-corrected chi connectivity index (χ0v) is 9.73. The number of hydrogen-bond donors (Lipinski definition) is 1. The van der Waals surface area contributed by atoms with Crippen LogP contribution in [0.15, 0.2) is 0 Å². The maximum absolute atomic E-state index is 11.8. The highest BCUT2D eigenvalue weighted by Crippen LogP contribution is 2.47. The van der Waals surface area contributed by atoms with Gasteiger partial charge >= 0.3 is 6.09 Å². The second-order valence-electron chi connectivity index (χ2n) is 5.58. The van der Waals surface area contributed by atoms with Crippen molar-refractivity contribution in [1.82, 2.24) is 4.90 Å². The molecule has 4 nitrogen and oxygen atoms in total. The number of carbonyl (C=O) groups is 1. The standard InChI is InChI=1S/C11H19NO3/c1-6-9-7(5-8(9)13)12(6)10(14)15-11(2,3)4/h6-9,13H,5H2,1-4H3. The van der Waals surface area contributed by atoms with Crippen LogP contribution in [-0.2, 0) is 4.74 Å². The molecule has 2 rings (SSSR count). The van der Waals surface area contributed by atoms with E-state index in [9.17, 15) is 9.90 Å². The Morgan fingerprint density at radius 1 is 1.47 bits per heavy atom. The Morgan fingerprint density at radius 3 is 2.47 bits per heavy atom. The molecule has 1 saturated carbocycles. The maximum atomic E-state index is 11.8. The Hall–Kier alpha value is -0.770. The monoisotopic (exact) mass is 213 g/mol. The molecule has 1 saturated heterocycles. The van der Waals surface area contributed by atoms with Gasteiger partial charge in [0.05, 0.1) is 6.10 Å². The van der Waals surface area contributed by atoms with E-state index in [0.717, 1.165) is 0 Å². The lowest BCUT2D eigenvalue weighted by Crippen LogP contribution is -2.75. The summed E-state index contributed by atoms with van der Waals surface area (Å²) in [5.41, 5.74) is -0.440. The molecule has 1 amide bonds. The van der Waals surface area contributed by atoms with Crippen LogP contribution in [0.4, 0.5) is 4.79 Å². The van der Waals surface area contributed by atoms with Gasteiger partial charge in [-0.1, -0.05) is 0 Å². The Bertz CT molecular complexity index is 278. The summed E-state index contributed by atoms with van der Waals surface area (Å²) in [5, 5.41) is 9.46. The van der Waals surface area contributed by atoms with Gasteiger partial charge in [0.1, 0.15) is 5.60 Å². The van der Waals surface area contributed by atoms with Gasteiger partial charge < -0.3 is 14.7 Å². The van der Waals surface area contributed by atoms with E-state index in [1.165, 1.54) is 0 Å². The Morgan fingerprint density at radius 2 is 2.07 bits per heavy atom. The van der Waals surface area contributed by atoms with E-state index in [1.807, 2.05) is 27.7 Å². The van der Waals surface area contributed by atoms with Crippen LogP contribution in [0.1, 0.15) is 34.1 Å². The van der Waals surface area contributed by atoms with Gasteiger partial charge in [-0.25, -0.2) is 4.79 Å². The molecular formula is C11H19NO3. The van der Waals surface area contributed by atoms with Crippen molar-refractivity contribution in [2.75, 3.05) is 0 Å². The first kappa shape index (κ1) is 10.7. The van der Waals surface area contributed by atoms with Gasteiger partial charge in [-0.3, -0.25) is 0 Å². The molecule has 0 radical (unpaired) electrons. The average molecular weight is 213 g/mol. The molecule has 1 N–H and O–H groups in total. The van der Waals surface area contributed by atoms with Gasteiger partial charge in [-0.15, -0.1) is 0 Å². The summed E-state index contributed by atoms with van der Waals surface area (Å²) < 4.78 is 5.31. The van der Waals surface area contributed by atoms with Gasteiger partial charge in [0.2, 0.25) is 0 Å². The summed E-state index contributed by atoms with van der Waals surface area (Å²) in [6.45, 7) is 7.56. The van der Waals surface area contributed by atoms with Crippen LogP contribution in [0.3, 0.4) is 0 Å². The number of ether oxygens (including phenoxy) is 1. The summed E-state index contributed by atoms with van der Waals surface area (Å²) in [5.74, 6) is 0.275. The smallest absolute Gasteiger partial charge is 0.410 e. The molecule has 1 aliphatic carbocycles. The van der Waals surface area contributed by atoms with Crippen LogP contribution in [-0.4, -0.2) is 39.9 Å². The third-order valence-electron chi connectivity index (χ3n) is 3.33. The van der Waals surface area contributed by atoms with E-state index >= 15 is 0 Å². The number of aliphatic hydroxyl groups excluding tert-OH is 1. The summed E-state index contributed by atoms with van der Waals surface area (Å²) in [7, 11) is 0. The number of nitrogens with zero attached hydrogens (tertiary/aromatic N) is 1. The molecule has 86 valence electrons. The van der Waals surface area contributed by atoms with E-state index < -0.39 is 5.60 Å². The predicted octanol–water partition coefficient (Wildman–Crippen LogP) is 1.38. The van der Waals surface area contributed by atoms with E-state index in [0.29, 0.717) is 6.42 Å². The van der Waals surface area contributed by atoms with Gasteiger partial charge in [0.15, 0.2) is 0 Å². The summed E-state index contributed by atoms with van der Waals surface area (Å²) >= 11 is 0. The molecule has 4 unspecified atom stereocenters. The molecule has 0 bridgehead atoms. The van der Waals surface area contributed by atoms with Gasteiger partial charge in [0, 0.05) is 18.0 Å². The third-order valence-corrected chi connectivity index (χ3v) is 3.33. The molecule has 4 heteroatoms. The largest absolute Gasteiger partial charge is 0.444 e. The molecule has 1 aliphatic heterocycles. The number of amides is 1. The number of piperidine rings is 1. The van der Waals surface area contributed by atoms with Crippen LogP contribution in [0.2, 0.25) is 0 Å².